The third-order valence-corrected chi connectivity index (χ3v) is 7.84. The number of oxime groups is 1. The fraction of sp³-hybridized carbons (Fsp3) is 0.300. The molecule has 218 valence electrons. The van der Waals surface area contributed by atoms with Crippen molar-refractivity contribution in [2.75, 3.05) is 19.7 Å². The molecule has 2 aromatic carbocycles. The first-order valence-corrected chi connectivity index (χ1v) is 14.0. The second-order valence-electron chi connectivity index (χ2n) is 10.4. The number of benzene rings is 2. The molecule has 0 amide bonds. The minimum Gasteiger partial charge on any atom is -0.486 e. The number of nitrogens with two attached hydrogens (primary N) is 1. The van der Waals surface area contributed by atoms with E-state index in [1.54, 1.807) is 30.5 Å². The lowest BCUT2D eigenvalue weighted by Gasteiger charge is -2.29. The van der Waals surface area contributed by atoms with Gasteiger partial charge in [0.2, 0.25) is 0 Å². The van der Waals surface area contributed by atoms with Crippen LogP contribution in [-0.4, -0.2) is 56.3 Å². The van der Waals surface area contributed by atoms with Gasteiger partial charge in [-0.15, -0.1) is 0 Å². The Morgan fingerprint density at radius 1 is 1.19 bits per heavy atom. The van der Waals surface area contributed by atoms with E-state index in [9.17, 15) is 8.78 Å². The van der Waals surface area contributed by atoms with Crippen LogP contribution in [-0.2, 0) is 24.4 Å². The second-order valence-corrected chi connectivity index (χ2v) is 10.8. The molecule has 0 spiro atoms. The Bertz CT molecular complexity index is 1690. The average Bonchev–Trinajstić information content (AvgIpc) is 3.31. The first kappa shape index (κ1) is 28.1. The van der Waals surface area contributed by atoms with Crippen LogP contribution in [0.3, 0.4) is 0 Å². The molecule has 2 aliphatic heterocycles. The van der Waals surface area contributed by atoms with E-state index < -0.39 is 11.6 Å². The highest BCUT2D eigenvalue weighted by atomic mass is 35.5. The van der Waals surface area contributed by atoms with Crippen LogP contribution in [0.1, 0.15) is 35.4 Å². The molecule has 0 bridgehead atoms. The molecule has 0 unspecified atom stereocenters. The molecule has 4 aromatic rings. The number of aromatic nitrogens is 3. The van der Waals surface area contributed by atoms with Gasteiger partial charge in [-0.1, -0.05) is 35.0 Å². The molecule has 1 fully saturated rings. The predicted octanol–water partition coefficient (Wildman–Crippen LogP) is 5.11. The van der Waals surface area contributed by atoms with E-state index in [1.807, 2.05) is 0 Å². The molecule has 0 aliphatic carbocycles. The summed E-state index contributed by atoms with van der Waals surface area (Å²) < 4.78 is 42.1. The van der Waals surface area contributed by atoms with Gasteiger partial charge in [0.25, 0.3) is 0 Å². The number of hydrogen-bond acceptors (Lipinski definition) is 7. The summed E-state index contributed by atoms with van der Waals surface area (Å²) in [5, 5.41) is 12.4. The third-order valence-electron chi connectivity index (χ3n) is 7.61. The summed E-state index contributed by atoms with van der Waals surface area (Å²) in [5.74, 6) is -0.112. The molecular formula is C30H29ClF2N6O3. The number of fused-ring (bicyclic) bond motifs is 1. The number of imidazole rings is 1. The fourth-order valence-corrected chi connectivity index (χ4v) is 5.28. The molecule has 12 heteroatoms. The lowest BCUT2D eigenvalue weighted by Crippen LogP contribution is -2.33. The Kier molecular flexibility index (Phi) is 8.05. The van der Waals surface area contributed by atoms with E-state index in [1.165, 1.54) is 18.2 Å². The van der Waals surface area contributed by atoms with Crippen molar-refractivity contribution in [3.63, 3.8) is 0 Å². The SMILES string of the molecule is NC(=NO)c1cnc2c(c1)nc(CN1CC=C(c3ccc(F)c(OCc4ccc(Cl)cc4F)c3)CC1)n2C[C@@H]1CCO1. The standard InChI is InChI=1S/C30H29ClF2N6O3/c31-22-3-1-20(25(33)13-22)17-42-27-12-19(2-4-24(27)32)18-5-8-38(9-6-18)16-28-36-26-11-21(29(34)37-40)14-35-30(26)39(28)15-23-7-10-41-23/h1-5,11-14,23,40H,6-10,15-17H2,(H2,34,37)/t23-/m0/s1. The Hall–Kier alpha value is -4.06. The summed E-state index contributed by atoms with van der Waals surface area (Å²) in [7, 11) is 0. The van der Waals surface area contributed by atoms with E-state index >= 15 is 0 Å². The van der Waals surface area contributed by atoms with Gasteiger partial charge in [0.1, 0.15) is 23.8 Å². The Morgan fingerprint density at radius 2 is 2.05 bits per heavy atom. The molecule has 1 atom stereocenters. The van der Waals surface area contributed by atoms with Crippen LogP contribution in [0.15, 0.2) is 59.9 Å². The van der Waals surface area contributed by atoms with Crippen LogP contribution in [0.4, 0.5) is 8.78 Å². The van der Waals surface area contributed by atoms with E-state index in [0.717, 1.165) is 48.6 Å². The maximum atomic E-state index is 14.5. The maximum absolute atomic E-state index is 14.5. The first-order valence-electron chi connectivity index (χ1n) is 13.6. The molecule has 0 saturated carbocycles. The number of nitrogens with zero attached hydrogens (tertiary/aromatic N) is 5. The zero-order chi connectivity index (χ0) is 29.2. The smallest absolute Gasteiger partial charge is 0.171 e. The molecule has 6 rings (SSSR count). The van der Waals surface area contributed by atoms with Crippen molar-refractivity contribution in [2.24, 2.45) is 10.9 Å². The number of pyridine rings is 1. The number of rotatable bonds is 9. The third kappa shape index (κ3) is 5.94. The largest absolute Gasteiger partial charge is 0.486 e. The normalized spacial score (nSPS) is 17.7. The topological polar surface area (TPSA) is 111 Å². The highest BCUT2D eigenvalue weighted by Gasteiger charge is 2.24. The zero-order valence-electron chi connectivity index (χ0n) is 22.6. The van der Waals surface area contributed by atoms with Gasteiger partial charge >= 0.3 is 0 Å². The van der Waals surface area contributed by atoms with Gasteiger partial charge in [0, 0.05) is 42.0 Å². The van der Waals surface area contributed by atoms with Crippen molar-refractivity contribution in [1.29, 1.82) is 0 Å². The van der Waals surface area contributed by atoms with Crippen molar-refractivity contribution >= 4 is 34.2 Å². The Morgan fingerprint density at radius 3 is 2.76 bits per heavy atom. The van der Waals surface area contributed by atoms with E-state index in [-0.39, 0.29) is 29.3 Å². The van der Waals surface area contributed by atoms with Crippen molar-refractivity contribution in [3.05, 3.63) is 93.9 Å². The van der Waals surface area contributed by atoms with Crippen LogP contribution >= 0.6 is 11.6 Å². The van der Waals surface area contributed by atoms with Crippen molar-refractivity contribution in [1.82, 2.24) is 19.4 Å². The van der Waals surface area contributed by atoms with Crippen LogP contribution in [0.2, 0.25) is 5.02 Å². The molecule has 4 heterocycles. The van der Waals surface area contributed by atoms with Crippen LogP contribution in [0.5, 0.6) is 5.75 Å². The van der Waals surface area contributed by atoms with E-state index in [0.29, 0.717) is 36.3 Å². The number of amidine groups is 1. The van der Waals surface area contributed by atoms with Crippen molar-refractivity contribution in [2.45, 2.75) is 38.6 Å². The molecule has 3 N–H and O–H groups in total. The number of hydrogen-bond donors (Lipinski definition) is 2. The first-order chi connectivity index (χ1) is 20.4. The molecular weight excluding hydrogens is 566 g/mol. The lowest BCUT2D eigenvalue weighted by molar-refractivity contribution is -0.0592. The van der Waals surface area contributed by atoms with Gasteiger partial charge in [-0.25, -0.2) is 18.7 Å². The second kappa shape index (κ2) is 12.0. The number of halogens is 3. The highest BCUT2D eigenvalue weighted by Crippen LogP contribution is 2.29. The van der Waals surface area contributed by atoms with Gasteiger partial charge < -0.3 is 25.0 Å². The summed E-state index contributed by atoms with van der Waals surface area (Å²) in [6, 6.07) is 10.8. The minimum absolute atomic E-state index is 0.0250. The molecule has 2 aliphatic rings. The van der Waals surface area contributed by atoms with Gasteiger partial charge in [0.15, 0.2) is 23.0 Å². The summed E-state index contributed by atoms with van der Waals surface area (Å²) in [6.45, 7) is 3.32. The maximum Gasteiger partial charge on any atom is 0.171 e. The summed E-state index contributed by atoms with van der Waals surface area (Å²) in [6.07, 6.45) is 5.54. The predicted molar refractivity (Wildman–Crippen MR) is 154 cm³/mol. The molecule has 42 heavy (non-hydrogen) atoms. The van der Waals surface area contributed by atoms with Gasteiger partial charge in [-0.3, -0.25) is 4.90 Å². The van der Waals surface area contributed by atoms with Gasteiger partial charge in [0.05, 0.1) is 19.2 Å². The molecule has 2 aromatic heterocycles. The Balaban J connectivity index is 1.17. The van der Waals surface area contributed by atoms with Crippen molar-refractivity contribution < 1.29 is 23.5 Å². The van der Waals surface area contributed by atoms with Crippen molar-refractivity contribution in [3.8, 4) is 5.75 Å². The van der Waals surface area contributed by atoms with Gasteiger partial charge in [-0.2, -0.15) is 0 Å². The highest BCUT2D eigenvalue weighted by molar-refractivity contribution is 6.30. The Labute approximate surface area is 245 Å². The van der Waals surface area contributed by atoms with Crippen LogP contribution in [0, 0.1) is 11.6 Å². The molecule has 1 saturated heterocycles. The summed E-state index contributed by atoms with van der Waals surface area (Å²) in [4.78, 5) is 11.7. The summed E-state index contributed by atoms with van der Waals surface area (Å²) >= 11 is 5.82. The summed E-state index contributed by atoms with van der Waals surface area (Å²) in [5.41, 5.74) is 9.88. The van der Waals surface area contributed by atoms with E-state index in [2.05, 4.69) is 25.7 Å². The molecule has 0 radical (unpaired) electrons. The average molecular weight is 595 g/mol. The quantitative estimate of drug-likeness (QED) is 0.120. The van der Waals surface area contributed by atoms with Crippen LogP contribution < -0.4 is 10.5 Å². The fourth-order valence-electron chi connectivity index (χ4n) is 5.13. The van der Waals surface area contributed by atoms with E-state index in [4.69, 9.17) is 37.0 Å². The van der Waals surface area contributed by atoms with Gasteiger partial charge in [-0.05, 0) is 54.3 Å². The monoisotopic (exact) mass is 594 g/mol. The minimum atomic E-state index is -0.510. The lowest BCUT2D eigenvalue weighted by atomic mass is 9.99. The zero-order valence-corrected chi connectivity index (χ0v) is 23.4. The number of ether oxygens (including phenoxy) is 2. The molecule has 9 nitrogen and oxygen atoms in total. The van der Waals surface area contributed by atoms with Crippen LogP contribution in [0.25, 0.3) is 16.7 Å².